The van der Waals surface area contributed by atoms with E-state index in [1.165, 1.54) is 69.9 Å². The largest absolute Gasteiger partial charge is 0.252 e. The molecule has 0 spiro atoms. The Morgan fingerprint density at radius 3 is 1.83 bits per heavy atom. The molecule has 0 amide bonds. The van der Waals surface area contributed by atoms with Crippen LogP contribution in [0.1, 0.15) is 131 Å². The van der Waals surface area contributed by atoms with Crippen LogP contribution in [0.5, 0.6) is 0 Å². The van der Waals surface area contributed by atoms with E-state index in [9.17, 15) is 0 Å². The van der Waals surface area contributed by atoms with Gasteiger partial charge in [-0.25, -0.2) is 4.68 Å². The van der Waals surface area contributed by atoms with Crippen LogP contribution in [0.3, 0.4) is 0 Å². The Balaban J connectivity index is 0.000000362. The lowest BCUT2D eigenvalue weighted by Gasteiger charge is -2.08. The first-order valence-corrected chi connectivity index (χ1v) is 14.9. The maximum absolute atomic E-state index is 4.22. The van der Waals surface area contributed by atoms with E-state index in [2.05, 4.69) is 86.9 Å². The quantitative estimate of drug-likeness (QED) is 0.193. The average molecular weight is 503 g/mol. The summed E-state index contributed by atoms with van der Waals surface area (Å²) in [7, 11) is 0. The minimum Gasteiger partial charge on any atom is -0.252 e. The molecule has 0 bridgehead atoms. The first kappa shape index (κ1) is 32.3. The van der Waals surface area contributed by atoms with Gasteiger partial charge in [0.25, 0.3) is 0 Å². The second-order valence-electron chi connectivity index (χ2n) is 12.3. The zero-order valence-corrected chi connectivity index (χ0v) is 25.0. The van der Waals surface area contributed by atoms with E-state index < -0.39 is 0 Å². The number of aromatic nitrogens is 6. The molecule has 0 aliphatic carbocycles. The van der Waals surface area contributed by atoms with Crippen LogP contribution in [0.15, 0.2) is 12.4 Å². The lowest BCUT2D eigenvalue weighted by Crippen LogP contribution is -2.06. The Labute approximate surface area is 223 Å². The van der Waals surface area contributed by atoms with Crippen LogP contribution < -0.4 is 0 Å². The second-order valence-corrected chi connectivity index (χ2v) is 12.3. The number of aryl methyl sites for hydroxylation is 4. The third-order valence-corrected chi connectivity index (χ3v) is 6.55. The fourth-order valence-corrected chi connectivity index (χ4v) is 4.16. The number of hydrogen-bond donors (Lipinski definition) is 0. The molecular formula is C30H58N6. The van der Waals surface area contributed by atoms with Crippen molar-refractivity contribution in [3.8, 4) is 0 Å². The molecule has 0 radical (unpaired) electrons. The third kappa shape index (κ3) is 16.9. The zero-order chi connectivity index (χ0) is 26.8. The van der Waals surface area contributed by atoms with Gasteiger partial charge in [0.2, 0.25) is 0 Å². The van der Waals surface area contributed by atoms with Crippen molar-refractivity contribution in [2.24, 2.45) is 23.7 Å². The first-order valence-electron chi connectivity index (χ1n) is 14.9. The van der Waals surface area contributed by atoms with Crippen molar-refractivity contribution < 1.29 is 0 Å². The first-order chi connectivity index (χ1) is 17.2. The highest BCUT2D eigenvalue weighted by molar-refractivity contribution is 4.94. The Bertz CT molecular complexity index is 759. The molecule has 2 aromatic rings. The van der Waals surface area contributed by atoms with Crippen LogP contribution >= 0.6 is 0 Å². The van der Waals surface area contributed by atoms with E-state index in [-0.39, 0.29) is 0 Å². The van der Waals surface area contributed by atoms with Crippen LogP contribution in [-0.2, 0) is 25.9 Å². The van der Waals surface area contributed by atoms with Crippen LogP contribution in [0, 0.1) is 23.7 Å². The van der Waals surface area contributed by atoms with Crippen LogP contribution in [0.25, 0.3) is 0 Å². The molecule has 0 aliphatic rings. The molecule has 0 aromatic carbocycles. The van der Waals surface area contributed by atoms with E-state index in [1.54, 1.807) is 0 Å². The average Bonchev–Trinajstić information content (AvgIpc) is 3.44. The van der Waals surface area contributed by atoms with Crippen LogP contribution in [0.4, 0.5) is 0 Å². The molecular weight excluding hydrogens is 444 g/mol. The van der Waals surface area contributed by atoms with Crippen molar-refractivity contribution in [2.75, 3.05) is 0 Å². The second kappa shape index (κ2) is 19.4. The van der Waals surface area contributed by atoms with Gasteiger partial charge in [-0.15, -0.1) is 10.2 Å². The van der Waals surface area contributed by atoms with Gasteiger partial charge in [-0.05, 0) is 68.6 Å². The summed E-state index contributed by atoms with van der Waals surface area (Å²) in [6.07, 6.45) is 19.1. The molecule has 2 aromatic heterocycles. The van der Waals surface area contributed by atoms with Gasteiger partial charge in [0.05, 0.1) is 17.6 Å². The molecule has 0 fully saturated rings. The van der Waals surface area contributed by atoms with E-state index in [0.717, 1.165) is 55.3 Å². The predicted octanol–water partition coefficient (Wildman–Crippen LogP) is 8.17. The van der Waals surface area contributed by atoms with E-state index in [1.807, 2.05) is 10.9 Å². The molecule has 208 valence electrons. The summed E-state index contributed by atoms with van der Waals surface area (Å²) in [5.74, 6) is 3.16. The Hall–Kier alpha value is -1.72. The highest BCUT2D eigenvalue weighted by Gasteiger charge is 2.05. The summed E-state index contributed by atoms with van der Waals surface area (Å²) in [5, 5.41) is 16.7. The Morgan fingerprint density at radius 1 is 0.611 bits per heavy atom. The fraction of sp³-hybridized carbons (Fsp3) is 0.867. The van der Waals surface area contributed by atoms with Crippen molar-refractivity contribution in [2.45, 2.75) is 146 Å². The predicted molar refractivity (Wildman–Crippen MR) is 153 cm³/mol. The Kier molecular flexibility index (Phi) is 17.4. The topological polar surface area (TPSA) is 61.4 Å². The number of unbranched alkanes of at least 4 members (excludes halogenated alkanes) is 3. The summed E-state index contributed by atoms with van der Waals surface area (Å²) in [4.78, 5) is 0. The van der Waals surface area contributed by atoms with E-state index in [4.69, 9.17) is 0 Å². The zero-order valence-electron chi connectivity index (χ0n) is 25.0. The number of hydrogen-bond acceptors (Lipinski definition) is 4. The SMILES string of the molecule is CC(C)CCCCCc1cnnn1CCCC(C)C.CC(C)CCCCc1cn(CCC(C)C)nn1. The van der Waals surface area contributed by atoms with Gasteiger partial charge >= 0.3 is 0 Å². The van der Waals surface area contributed by atoms with Gasteiger partial charge in [-0.2, -0.15) is 0 Å². The lowest BCUT2D eigenvalue weighted by molar-refractivity contribution is 0.468. The molecule has 0 unspecified atom stereocenters. The molecule has 0 saturated carbocycles. The standard InChI is InChI=1S/C16H31N3.C14H27N3/c1-14(2)9-6-5-7-11-16-13-17-18-19(16)12-8-10-15(3)4;1-12(2)7-5-6-8-14-11-17(16-15-14)10-9-13(3)4/h13-15H,5-12H2,1-4H3;11-13H,5-10H2,1-4H3. The van der Waals surface area contributed by atoms with Gasteiger partial charge < -0.3 is 0 Å². The van der Waals surface area contributed by atoms with E-state index in [0.29, 0.717) is 0 Å². The smallest absolute Gasteiger partial charge is 0.0827 e. The van der Waals surface area contributed by atoms with Crippen molar-refractivity contribution in [1.29, 1.82) is 0 Å². The summed E-state index contributed by atoms with van der Waals surface area (Å²) in [6.45, 7) is 20.2. The van der Waals surface area contributed by atoms with Crippen LogP contribution in [-0.4, -0.2) is 30.0 Å². The van der Waals surface area contributed by atoms with Crippen molar-refractivity contribution in [1.82, 2.24) is 30.0 Å². The van der Waals surface area contributed by atoms with E-state index >= 15 is 0 Å². The van der Waals surface area contributed by atoms with Gasteiger partial charge in [-0.3, -0.25) is 4.68 Å². The maximum Gasteiger partial charge on any atom is 0.0827 e. The molecule has 6 heteroatoms. The molecule has 0 aliphatic heterocycles. The highest BCUT2D eigenvalue weighted by Crippen LogP contribution is 2.12. The number of rotatable bonds is 18. The molecule has 0 atom stereocenters. The van der Waals surface area contributed by atoms with Gasteiger partial charge in [0, 0.05) is 19.3 Å². The maximum atomic E-state index is 4.22. The minimum atomic E-state index is 0.730. The number of nitrogens with zero attached hydrogens (tertiary/aromatic N) is 6. The van der Waals surface area contributed by atoms with Gasteiger partial charge in [0.1, 0.15) is 0 Å². The lowest BCUT2D eigenvalue weighted by atomic mass is 10.0. The van der Waals surface area contributed by atoms with Gasteiger partial charge in [-0.1, -0.05) is 97.9 Å². The summed E-state index contributed by atoms with van der Waals surface area (Å²) >= 11 is 0. The molecule has 0 saturated heterocycles. The Morgan fingerprint density at radius 2 is 1.19 bits per heavy atom. The summed E-state index contributed by atoms with van der Waals surface area (Å²) in [5.41, 5.74) is 2.46. The highest BCUT2D eigenvalue weighted by atomic mass is 15.4. The molecule has 6 nitrogen and oxygen atoms in total. The van der Waals surface area contributed by atoms with Gasteiger partial charge in [0.15, 0.2) is 0 Å². The molecule has 36 heavy (non-hydrogen) atoms. The fourth-order valence-electron chi connectivity index (χ4n) is 4.16. The van der Waals surface area contributed by atoms with Crippen LogP contribution in [0.2, 0.25) is 0 Å². The molecule has 0 N–H and O–H groups in total. The summed E-state index contributed by atoms with van der Waals surface area (Å²) < 4.78 is 4.09. The summed E-state index contributed by atoms with van der Waals surface area (Å²) in [6, 6.07) is 0. The van der Waals surface area contributed by atoms with Crippen molar-refractivity contribution in [3.05, 3.63) is 23.8 Å². The van der Waals surface area contributed by atoms with Crippen molar-refractivity contribution >= 4 is 0 Å². The molecule has 2 heterocycles. The third-order valence-electron chi connectivity index (χ3n) is 6.55. The normalized spacial score (nSPS) is 11.7. The molecule has 2 rings (SSSR count). The minimum absolute atomic E-state index is 0.730. The monoisotopic (exact) mass is 502 g/mol. The van der Waals surface area contributed by atoms with Crippen molar-refractivity contribution in [3.63, 3.8) is 0 Å².